The van der Waals surface area contributed by atoms with Crippen LogP contribution in [0.1, 0.15) is 22.7 Å². The quantitative estimate of drug-likeness (QED) is 0.262. The van der Waals surface area contributed by atoms with Gasteiger partial charge in [-0.3, -0.25) is 9.59 Å². The summed E-state index contributed by atoms with van der Waals surface area (Å²) >= 11 is 6.33. The molecular formula is C28H24ClNO8. The number of fused-ring (bicyclic) bond motifs is 1. The van der Waals surface area contributed by atoms with Crippen LogP contribution in [0.25, 0.3) is 5.76 Å². The SMILES string of the molecule is COc1cccc(C2/C(=C(\O)c3cc(Cl)c(OC)cc3OC)C(=O)C(=O)N2Cc2ccc3c(c2)OCO3)c1. The van der Waals surface area contributed by atoms with Gasteiger partial charge < -0.3 is 33.7 Å². The molecule has 1 amide bonds. The number of Topliss-reactive ketones (excluding diaryl/α,β-unsaturated/α-hetero) is 1. The number of aliphatic hydroxyl groups excluding tert-OH is 1. The summed E-state index contributed by atoms with van der Waals surface area (Å²) in [5.74, 6) is 0.189. The first-order valence-corrected chi connectivity index (χ1v) is 12.0. The number of rotatable bonds is 7. The molecule has 2 aliphatic heterocycles. The monoisotopic (exact) mass is 537 g/mol. The summed E-state index contributed by atoms with van der Waals surface area (Å²) < 4.78 is 26.9. The van der Waals surface area contributed by atoms with Crippen molar-refractivity contribution < 1.29 is 38.4 Å². The highest BCUT2D eigenvalue weighted by atomic mass is 35.5. The number of amides is 1. The third-order valence-corrected chi connectivity index (χ3v) is 6.76. The van der Waals surface area contributed by atoms with Crippen molar-refractivity contribution in [1.82, 2.24) is 4.90 Å². The van der Waals surface area contributed by atoms with E-state index in [2.05, 4.69) is 0 Å². The maximum Gasteiger partial charge on any atom is 0.295 e. The largest absolute Gasteiger partial charge is 0.507 e. The molecule has 1 atom stereocenters. The number of ether oxygens (including phenoxy) is 5. The Hall–Kier alpha value is -4.37. The van der Waals surface area contributed by atoms with E-state index in [-0.39, 0.29) is 35.2 Å². The predicted molar refractivity (Wildman–Crippen MR) is 138 cm³/mol. The van der Waals surface area contributed by atoms with Crippen LogP contribution in [0.3, 0.4) is 0 Å². The molecule has 3 aromatic carbocycles. The van der Waals surface area contributed by atoms with Gasteiger partial charge in [0, 0.05) is 12.6 Å². The minimum atomic E-state index is -0.930. The van der Waals surface area contributed by atoms with Gasteiger partial charge in [0.15, 0.2) is 11.5 Å². The van der Waals surface area contributed by atoms with Gasteiger partial charge in [-0.05, 0) is 41.5 Å². The molecule has 38 heavy (non-hydrogen) atoms. The summed E-state index contributed by atoms with van der Waals surface area (Å²) in [6.07, 6.45) is 0. The molecule has 1 saturated heterocycles. The van der Waals surface area contributed by atoms with Gasteiger partial charge in [-0.1, -0.05) is 29.8 Å². The number of hydrogen-bond donors (Lipinski definition) is 1. The number of benzene rings is 3. The van der Waals surface area contributed by atoms with Crippen molar-refractivity contribution in [3.05, 3.63) is 81.9 Å². The average Bonchev–Trinajstić information content (AvgIpc) is 3.50. The second-order valence-electron chi connectivity index (χ2n) is 8.58. The van der Waals surface area contributed by atoms with Gasteiger partial charge in [0.2, 0.25) is 6.79 Å². The summed E-state index contributed by atoms with van der Waals surface area (Å²) in [5.41, 5.74) is 1.33. The topological polar surface area (TPSA) is 104 Å². The van der Waals surface area contributed by atoms with Crippen LogP contribution >= 0.6 is 11.6 Å². The molecule has 0 spiro atoms. The number of nitrogens with zero attached hydrogens (tertiary/aromatic N) is 1. The molecule has 0 aliphatic carbocycles. The van der Waals surface area contributed by atoms with E-state index in [1.165, 1.54) is 38.4 Å². The summed E-state index contributed by atoms with van der Waals surface area (Å²) in [6, 6.07) is 14.3. The molecule has 196 valence electrons. The number of likely N-dealkylation sites (tertiary alicyclic amines) is 1. The first kappa shape index (κ1) is 25.3. The van der Waals surface area contributed by atoms with Gasteiger partial charge in [0.05, 0.1) is 43.5 Å². The molecule has 0 bridgehead atoms. The summed E-state index contributed by atoms with van der Waals surface area (Å²) in [6.45, 7) is 0.180. The first-order valence-electron chi connectivity index (χ1n) is 11.6. The Morgan fingerprint density at radius 2 is 1.74 bits per heavy atom. The molecule has 1 N–H and O–H groups in total. The molecule has 10 heteroatoms. The van der Waals surface area contributed by atoms with Crippen molar-refractivity contribution in [1.29, 1.82) is 0 Å². The highest BCUT2D eigenvalue weighted by Gasteiger charge is 2.46. The van der Waals surface area contributed by atoms with Crippen molar-refractivity contribution in [2.45, 2.75) is 12.6 Å². The highest BCUT2D eigenvalue weighted by Crippen LogP contribution is 2.44. The van der Waals surface area contributed by atoms with E-state index in [1.54, 1.807) is 42.5 Å². The van der Waals surface area contributed by atoms with Crippen LogP contribution in [0, 0.1) is 0 Å². The Morgan fingerprint density at radius 3 is 2.47 bits per heavy atom. The second-order valence-corrected chi connectivity index (χ2v) is 8.99. The molecule has 2 aliphatic rings. The normalized spacial score (nSPS) is 17.6. The van der Waals surface area contributed by atoms with Crippen molar-refractivity contribution >= 4 is 29.1 Å². The van der Waals surface area contributed by atoms with Crippen LogP contribution in [0.2, 0.25) is 5.02 Å². The zero-order chi connectivity index (χ0) is 27.0. The standard InChI is InChI=1S/C28H24ClNO8/c1-34-17-6-4-5-16(10-17)25-24(26(31)18-11-19(29)22(36-3)12-21(18)35-2)27(32)28(33)30(25)13-15-7-8-20-23(9-15)38-14-37-20/h4-12,25,31H,13-14H2,1-3H3/b26-24+. The Kier molecular flexibility index (Phi) is 6.77. The zero-order valence-electron chi connectivity index (χ0n) is 20.8. The number of methoxy groups -OCH3 is 3. The van der Waals surface area contributed by atoms with Crippen LogP contribution in [0.15, 0.2) is 60.2 Å². The molecule has 5 rings (SSSR count). The van der Waals surface area contributed by atoms with Gasteiger partial charge >= 0.3 is 0 Å². The number of carbonyl (C=O) groups excluding carboxylic acids is 2. The van der Waals surface area contributed by atoms with Crippen molar-refractivity contribution in [3.63, 3.8) is 0 Å². The maximum absolute atomic E-state index is 13.5. The van der Waals surface area contributed by atoms with Gasteiger partial charge in [0.25, 0.3) is 11.7 Å². The van der Waals surface area contributed by atoms with Crippen molar-refractivity contribution in [3.8, 4) is 28.7 Å². The van der Waals surface area contributed by atoms with E-state index in [0.717, 1.165) is 0 Å². The van der Waals surface area contributed by atoms with Crippen LogP contribution in [0.5, 0.6) is 28.7 Å². The third kappa shape index (κ3) is 4.35. The lowest BCUT2D eigenvalue weighted by molar-refractivity contribution is -0.140. The first-order chi connectivity index (χ1) is 18.4. The van der Waals surface area contributed by atoms with E-state index in [1.807, 2.05) is 0 Å². The zero-order valence-corrected chi connectivity index (χ0v) is 21.6. The van der Waals surface area contributed by atoms with Gasteiger partial charge in [-0.2, -0.15) is 0 Å². The lowest BCUT2D eigenvalue weighted by Gasteiger charge is -2.26. The lowest BCUT2D eigenvalue weighted by Crippen LogP contribution is -2.29. The maximum atomic E-state index is 13.5. The number of aliphatic hydroxyl groups is 1. The minimum Gasteiger partial charge on any atom is -0.507 e. The van der Waals surface area contributed by atoms with Crippen LogP contribution in [0.4, 0.5) is 0 Å². The molecule has 2 heterocycles. The fraction of sp³-hybridized carbons (Fsp3) is 0.214. The smallest absolute Gasteiger partial charge is 0.295 e. The van der Waals surface area contributed by atoms with E-state index < -0.39 is 23.5 Å². The molecule has 9 nitrogen and oxygen atoms in total. The van der Waals surface area contributed by atoms with Crippen molar-refractivity contribution in [2.75, 3.05) is 28.1 Å². The average molecular weight is 538 g/mol. The Balaban J connectivity index is 1.67. The minimum absolute atomic E-state index is 0.0698. The van der Waals surface area contributed by atoms with E-state index in [0.29, 0.717) is 34.1 Å². The number of hydrogen-bond acceptors (Lipinski definition) is 8. The van der Waals surface area contributed by atoms with E-state index >= 15 is 0 Å². The van der Waals surface area contributed by atoms with Crippen LogP contribution < -0.4 is 23.7 Å². The molecule has 0 radical (unpaired) electrons. The van der Waals surface area contributed by atoms with E-state index in [4.69, 9.17) is 35.3 Å². The molecule has 3 aromatic rings. The van der Waals surface area contributed by atoms with Gasteiger partial charge in [0.1, 0.15) is 23.0 Å². The van der Waals surface area contributed by atoms with Crippen LogP contribution in [-0.4, -0.2) is 49.8 Å². The molecular weight excluding hydrogens is 514 g/mol. The number of carbonyl (C=O) groups is 2. The van der Waals surface area contributed by atoms with Gasteiger partial charge in [-0.25, -0.2) is 0 Å². The highest BCUT2D eigenvalue weighted by molar-refractivity contribution is 6.46. The Bertz CT molecular complexity index is 1470. The molecule has 0 saturated carbocycles. The Morgan fingerprint density at radius 1 is 0.974 bits per heavy atom. The second kappa shape index (κ2) is 10.2. The Labute approximate surface area is 223 Å². The third-order valence-electron chi connectivity index (χ3n) is 6.47. The fourth-order valence-electron chi connectivity index (χ4n) is 4.63. The summed E-state index contributed by atoms with van der Waals surface area (Å²) in [7, 11) is 4.38. The summed E-state index contributed by atoms with van der Waals surface area (Å²) in [5, 5.41) is 11.7. The molecule has 1 unspecified atom stereocenters. The number of ketones is 1. The van der Waals surface area contributed by atoms with Gasteiger partial charge in [-0.15, -0.1) is 0 Å². The van der Waals surface area contributed by atoms with E-state index in [9.17, 15) is 14.7 Å². The molecule has 0 aromatic heterocycles. The number of halogens is 1. The summed E-state index contributed by atoms with van der Waals surface area (Å²) in [4.78, 5) is 28.3. The lowest BCUT2D eigenvalue weighted by atomic mass is 9.94. The van der Waals surface area contributed by atoms with Crippen molar-refractivity contribution in [2.24, 2.45) is 0 Å². The fourth-order valence-corrected chi connectivity index (χ4v) is 4.87. The van der Waals surface area contributed by atoms with Crippen LogP contribution in [-0.2, 0) is 16.1 Å². The molecule has 1 fully saturated rings. The predicted octanol–water partition coefficient (Wildman–Crippen LogP) is 4.72.